The first-order chi connectivity index (χ1) is 8.02. The Hall–Kier alpha value is -1.11. The quantitative estimate of drug-likeness (QED) is 0.800. The van der Waals surface area contributed by atoms with Gasteiger partial charge in [-0.15, -0.1) is 0 Å². The summed E-state index contributed by atoms with van der Waals surface area (Å²) in [6.45, 7) is 4.92. The Kier molecular flexibility index (Phi) is 4.05. The summed E-state index contributed by atoms with van der Waals surface area (Å²) in [5.41, 5.74) is 5.76. The predicted molar refractivity (Wildman–Crippen MR) is 71.7 cm³/mol. The molecule has 102 valence electrons. The molecular formula is C12H20N2O3S. The van der Waals surface area contributed by atoms with Crippen LogP contribution < -0.4 is 5.73 Å². The van der Waals surface area contributed by atoms with E-state index in [1.54, 1.807) is 32.9 Å². The fourth-order valence-corrected chi connectivity index (χ4v) is 3.20. The van der Waals surface area contributed by atoms with Crippen molar-refractivity contribution in [1.82, 2.24) is 4.31 Å². The molecule has 0 aliphatic heterocycles. The number of sulfonamides is 1. The normalized spacial score (nSPS) is 13.0. The number of rotatable bonds is 4. The van der Waals surface area contributed by atoms with E-state index in [0.29, 0.717) is 5.69 Å². The van der Waals surface area contributed by atoms with Crippen molar-refractivity contribution in [2.45, 2.75) is 31.3 Å². The molecule has 0 unspecified atom stereocenters. The van der Waals surface area contributed by atoms with E-state index in [9.17, 15) is 13.5 Å². The van der Waals surface area contributed by atoms with Crippen LogP contribution >= 0.6 is 0 Å². The standard InChI is InChI=1S/C12H20N2O3S/c1-9-5-10(13)7-11(6-9)18(16,17)14(4)8-12(2,3)15/h5-7,15H,8,13H2,1-4H3. The van der Waals surface area contributed by atoms with Gasteiger partial charge >= 0.3 is 0 Å². The average Bonchev–Trinajstić information content (AvgIpc) is 2.13. The van der Waals surface area contributed by atoms with Crippen LogP contribution in [0.1, 0.15) is 19.4 Å². The Bertz CT molecular complexity index is 512. The summed E-state index contributed by atoms with van der Waals surface area (Å²) in [7, 11) is -2.19. The Morgan fingerprint density at radius 3 is 2.33 bits per heavy atom. The molecule has 1 aromatic carbocycles. The maximum Gasteiger partial charge on any atom is 0.242 e. The van der Waals surface area contributed by atoms with Gasteiger partial charge in [-0.25, -0.2) is 8.42 Å². The Labute approximate surface area is 108 Å². The minimum absolute atomic E-state index is 0.0170. The molecule has 0 amide bonds. The second kappa shape index (κ2) is 4.87. The molecule has 6 heteroatoms. The molecule has 0 radical (unpaired) electrons. The maximum atomic E-state index is 12.3. The highest BCUT2D eigenvalue weighted by molar-refractivity contribution is 7.89. The highest BCUT2D eigenvalue weighted by Crippen LogP contribution is 2.20. The summed E-state index contributed by atoms with van der Waals surface area (Å²) in [6.07, 6.45) is 0. The fraction of sp³-hybridized carbons (Fsp3) is 0.500. The van der Waals surface area contributed by atoms with E-state index in [0.717, 1.165) is 9.87 Å². The Morgan fingerprint density at radius 2 is 1.89 bits per heavy atom. The number of hydrogen-bond acceptors (Lipinski definition) is 4. The fourth-order valence-electron chi connectivity index (χ4n) is 1.74. The number of benzene rings is 1. The summed E-state index contributed by atoms with van der Waals surface area (Å²) >= 11 is 0. The van der Waals surface area contributed by atoms with Crippen molar-refractivity contribution in [3.8, 4) is 0 Å². The van der Waals surface area contributed by atoms with E-state index in [1.807, 2.05) is 0 Å². The molecule has 1 rings (SSSR count). The van der Waals surface area contributed by atoms with Gasteiger partial charge in [0.1, 0.15) is 0 Å². The molecule has 0 heterocycles. The maximum absolute atomic E-state index is 12.3. The summed E-state index contributed by atoms with van der Waals surface area (Å²) in [6, 6.07) is 4.69. The van der Waals surface area contributed by atoms with Gasteiger partial charge in [-0.1, -0.05) is 0 Å². The first kappa shape index (κ1) is 14.9. The average molecular weight is 272 g/mol. The summed E-state index contributed by atoms with van der Waals surface area (Å²) in [5, 5.41) is 9.68. The van der Waals surface area contributed by atoms with Crippen LogP contribution in [0, 0.1) is 6.92 Å². The summed E-state index contributed by atoms with van der Waals surface area (Å²) < 4.78 is 25.7. The molecule has 1 aromatic rings. The van der Waals surface area contributed by atoms with Crippen molar-refractivity contribution >= 4 is 15.7 Å². The minimum Gasteiger partial charge on any atom is -0.399 e. The SMILES string of the molecule is Cc1cc(N)cc(S(=O)(=O)N(C)CC(C)(C)O)c1. The van der Waals surface area contributed by atoms with E-state index >= 15 is 0 Å². The number of nitrogen functional groups attached to an aromatic ring is 1. The monoisotopic (exact) mass is 272 g/mol. The van der Waals surface area contributed by atoms with Crippen molar-refractivity contribution in [3.63, 3.8) is 0 Å². The third-order valence-corrected chi connectivity index (χ3v) is 4.17. The summed E-state index contributed by atoms with van der Waals surface area (Å²) in [5.74, 6) is 0. The van der Waals surface area contributed by atoms with Crippen molar-refractivity contribution in [3.05, 3.63) is 23.8 Å². The molecular weight excluding hydrogens is 252 g/mol. The lowest BCUT2D eigenvalue weighted by atomic mass is 10.1. The molecule has 0 aromatic heterocycles. The first-order valence-corrected chi connectivity index (χ1v) is 7.02. The molecule has 18 heavy (non-hydrogen) atoms. The molecule has 0 saturated carbocycles. The van der Waals surface area contributed by atoms with Gasteiger partial charge in [0, 0.05) is 19.3 Å². The predicted octanol–water partition coefficient (Wildman–Crippen LogP) is 0.969. The lowest BCUT2D eigenvalue weighted by Crippen LogP contribution is -2.39. The third kappa shape index (κ3) is 3.69. The molecule has 0 fully saturated rings. The Morgan fingerprint density at radius 1 is 1.33 bits per heavy atom. The zero-order chi connectivity index (χ0) is 14.1. The van der Waals surface area contributed by atoms with Gasteiger partial charge in [0.2, 0.25) is 10.0 Å². The van der Waals surface area contributed by atoms with Crippen LogP contribution in [0.25, 0.3) is 0 Å². The number of aliphatic hydroxyl groups is 1. The van der Waals surface area contributed by atoms with Crippen LogP contribution in [-0.2, 0) is 10.0 Å². The zero-order valence-electron chi connectivity index (χ0n) is 11.1. The Balaban J connectivity index is 3.13. The zero-order valence-corrected chi connectivity index (χ0v) is 12.0. The topological polar surface area (TPSA) is 83.6 Å². The molecule has 0 bridgehead atoms. The molecule has 5 nitrogen and oxygen atoms in total. The van der Waals surface area contributed by atoms with Gasteiger partial charge in [-0.3, -0.25) is 0 Å². The molecule has 0 aliphatic carbocycles. The number of hydrogen-bond donors (Lipinski definition) is 2. The van der Waals surface area contributed by atoms with Crippen LogP contribution in [0.2, 0.25) is 0 Å². The van der Waals surface area contributed by atoms with Crippen LogP contribution in [0.4, 0.5) is 5.69 Å². The van der Waals surface area contributed by atoms with E-state index in [1.165, 1.54) is 13.1 Å². The molecule has 0 saturated heterocycles. The van der Waals surface area contributed by atoms with Gasteiger partial charge in [0.15, 0.2) is 0 Å². The van der Waals surface area contributed by atoms with Crippen molar-refractivity contribution in [2.75, 3.05) is 19.3 Å². The number of anilines is 1. The van der Waals surface area contributed by atoms with Gasteiger partial charge in [0.25, 0.3) is 0 Å². The van der Waals surface area contributed by atoms with Crippen molar-refractivity contribution in [2.24, 2.45) is 0 Å². The van der Waals surface area contributed by atoms with Gasteiger partial charge in [-0.2, -0.15) is 4.31 Å². The minimum atomic E-state index is -3.62. The second-order valence-corrected chi connectivity index (χ2v) is 7.20. The molecule has 0 atom stereocenters. The van der Waals surface area contributed by atoms with Crippen LogP contribution in [0.5, 0.6) is 0 Å². The van der Waals surface area contributed by atoms with Crippen LogP contribution in [0.15, 0.2) is 23.1 Å². The van der Waals surface area contributed by atoms with E-state index in [4.69, 9.17) is 5.73 Å². The lowest BCUT2D eigenvalue weighted by molar-refractivity contribution is 0.0640. The van der Waals surface area contributed by atoms with E-state index in [2.05, 4.69) is 0 Å². The van der Waals surface area contributed by atoms with Crippen LogP contribution in [0.3, 0.4) is 0 Å². The first-order valence-electron chi connectivity index (χ1n) is 5.58. The number of nitrogens with two attached hydrogens (primary N) is 1. The molecule has 0 aliphatic rings. The van der Waals surface area contributed by atoms with Crippen molar-refractivity contribution < 1.29 is 13.5 Å². The van der Waals surface area contributed by atoms with Gasteiger partial charge in [0.05, 0.1) is 10.5 Å². The molecule has 0 spiro atoms. The highest BCUT2D eigenvalue weighted by Gasteiger charge is 2.26. The smallest absolute Gasteiger partial charge is 0.242 e. The number of likely N-dealkylation sites (N-methyl/N-ethyl adjacent to an activating group) is 1. The van der Waals surface area contributed by atoms with Crippen molar-refractivity contribution in [1.29, 1.82) is 0 Å². The van der Waals surface area contributed by atoms with Gasteiger partial charge < -0.3 is 10.8 Å². The second-order valence-electron chi connectivity index (χ2n) is 5.15. The third-order valence-electron chi connectivity index (χ3n) is 2.39. The summed E-state index contributed by atoms with van der Waals surface area (Å²) in [4.78, 5) is 0.145. The highest BCUT2D eigenvalue weighted by atomic mass is 32.2. The van der Waals surface area contributed by atoms with E-state index in [-0.39, 0.29) is 11.4 Å². The number of aryl methyl sites for hydroxylation is 1. The number of nitrogens with zero attached hydrogens (tertiary/aromatic N) is 1. The van der Waals surface area contributed by atoms with Crippen LogP contribution in [-0.4, -0.2) is 37.0 Å². The molecule has 3 N–H and O–H groups in total. The van der Waals surface area contributed by atoms with E-state index < -0.39 is 15.6 Å². The lowest BCUT2D eigenvalue weighted by Gasteiger charge is -2.25. The van der Waals surface area contributed by atoms with Gasteiger partial charge in [-0.05, 0) is 44.5 Å². The largest absolute Gasteiger partial charge is 0.399 e.